The maximum absolute atomic E-state index is 5.43. The molecule has 0 radical (unpaired) electrons. The van der Waals surface area contributed by atoms with E-state index in [1.54, 1.807) is 6.26 Å². The zero-order valence-electron chi connectivity index (χ0n) is 13.3. The van der Waals surface area contributed by atoms with E-state index in [9.17, 15) is 0 Å². The lowest BCUT2D eigenvalue weighted by Crippen LogP contribution is -2.08. The molecule has 0 bridgehead atoms. The fraction of sp³-hybridized carbons (Fsp3) is 0.316. The molecule has 1 N–H and O–H groups in total. The summed E-state index contributed by atoms with van der Waals surface area (Å²) in [5, 5.41) is 3.45. The van der Waals surface area contributed by atoms with Crippen LogP contribution in [0.3, 0.4) is 0 Å². The molecular weight excluding hydrogens is 286 g/mol. The second-order valence-corrected chi connectivity index (χ2v) is 6.15. The molecule has 1 atom stereocenters. The monoisotopic (exact) mass is 307 g/mol. The third kappa shape index (κ3) is 2.89. The Bertz CT molecular complexity index is 748. The van der Waals surface area contributed by atoms with Gasteiger partial charge in [-0.3, -0.25) is 0 Å². The molecule has 0 saturated heterocycles. The van der Waals surface area contributed by atoms with E-state index in [-0.39, 0.29) is 6.04 Å². The Kier molecular flexibility index (Phi) is 3.66. The average molecular weight is 307 g/mol. The lowest BCUT2D eigenvalue weighted by Gasteiger charge is -2.13. The first kappa shape index (κ1) is 14.1. The Hall–Kier alpha value is -2.49. The van der Waals surface area contributed by atoms with Crippen molar-refractivity contribution in [3.63, 3.8) is 0 Å². The minimum absolute atomic E-state index is 0.149. The zero-order valence-corrected chi connectivity index (χ0v) is 13.3. The Morgan fingerprint density at radius 2 is 2.04 bits per heavy atom. The van der Waals surface area contributed by atoms with E-state index in [1.165, 1.54) is 24.2 Å². The fourth-order valence-corrected chi connectivity index (χ4v) is 3.15. The molecule has 0 spiro atoms. The summed E-state index contributed by atoms with van der Waals surface area (Å²) in [6, 6.07) is 12.5. The summed E-state index contributed by atoms with van der Waals surface area (Å²) in [6.07, 6.45) is 7.50. The van der Waals surface area contributed by atoms with Gasteiger partial charge in [-0.2, -0.15) is 0 Å². The van der Waals surface area contributed by atoms with Gasteiger partial charge in [0.1, 0.15) is 11.6 Å². The summed E-state index contributed by atoms with van der Waals surface area (Å²) in [5.74, 6) is 2.16. The van der Waals surface area contributed by atoms with Crippen LogP contribution in [-0.2, 0) is 13.0 Å². The van der Waals surface area contributed by atoms with Crippen molar-refractivity contribution in [3.8, 4) is 11.3 Å². The van der Waals surface area contributed by atoms with Crippen molar-refractivity contribution >= 4 is 5.69 Å². The molecule has 0 amide bonds. The average Bonchev–Trinajstić information content (AvgIpc) is 3.25. The minimum Gasteiger partial charge on any atom is -0.467 e. The van der Waals surface area contributed by atoms with Gasteiger partial charge in [0.25, 0.3) is 0 Å². The number of nitrogens with one attached hydrogen (secondary N) is 1. The molecule has 1 aromatic carbocycles. The van der Waals surface area contributed by atoms with Crippen molar-refractivity contribution in [2.45, 2.75) is 38.8 Å². The Morgan fingerprint density at radius 3 is 2.78 bits per heavy atom. The molecule has 118 valence electrons. The molecule has 2 aromatic heterocycles. The van der Waals surface area contributed by atoms with Gasteiger partial charge < -0.3 is 14.3 Å². The summed E-state index contributed by atoms with van der Waals surface area (Å²) >= 11 is 0. The lowest BCUT2D eigenvalue weighted by atomic mass is 10.1. The largest absolute Gasteiger partial charge is 0.467 e. The van der Waals surface area contributed by atoms with E-state index in [4.69, 9.17) is 9.40 Å². The zero-order chi connectivity index (χ0) is 15.6. The quantitative estimate of drug-likeness (QED) is 0.762. The van der Waals surface area contributed by atoms with Gasteiger partial charge in [0, 0.05) is 30.4 Å². The van der Waals surface area contributed by atoms with Crippen molar-refractivity contribution in [1.29, 1.82) is 0 Å². The van der Waals surface area contributed by atoms with Crippen LogP contribution in [-0.4, -0.2) is 9.55 Å². The summed E-state index contributed by atoms with van der Waals surface area (Å²) in [7, 11) is 0. The maximum atomic E-state index is 5.43. The summed E-state index contributed by atoms with van der Waals surface area (Å²) < 4.78 is 7.73. The predicted molar refractivity (Wildman–Crippen MR) is 91.3 cm³/mol. The maximum Gasteiger partial charge on any atom is 0.125 e. The first-order chi connectivity index (χ1) is 11.3. The highest BCUT2D eigenvalue weighted by Gasteiger charge is 2.13. The molecule has 3 aromatic rings. The van der Waals surface area contributed by atoms with Gasteiger partial charge in [-0.05, 0) is 44.0 Å². The standard InChI is InChI=1S/C19H21N3O/c1-14(18-5-4-12-23-18)20-16-9-7-15(8-10-16)17-13-22-11-3-2-6-19(22)21-17/h4-5,7-10,12-14,20H,2-3,6,11H2,1H3. The van der Waals surface area contributed by atoms with E-state index in [0.717, 1.165) is 30.1 Å². The number of furan rings is 1. The molecule has 1 aliphatic rings. The molecule has 3 heterocycles. The van der Waals surface area contributed by atoms with Crippen LogP contribution >= 0.6 is 0 Å². The van der Waals surface area contributed by atoms with Crippen LogP contribution < -0.4 is 5.32 Å². The highest BCUT2D eigenvalue weighted by molar-refractivity contribution is 5.62. The third-order valence-electron chi connectivity index (χ3n) is 4.44. The van der Waals surface area contributed by atoms with Crippen LogP contribution in [0.5, 0.6) is 0 Å². The van der Waals surface area contributed by atoms with Crippen LogP contribution in [0.4, 0.5) is 5.69 Å². The van der Waals surface area contributed by atoms with E-state index < -0.39 is 0 Å². The highest BCUT2D eigenvalue weighted by atomic mass is 16.3. The summed E-state index contributed by atoms with van der Waals surface area (Å²) in [6.45, 7) is 3.19. The molecule has 0 aliphatic carbocycles. The Morgan fingerprint density at radius 1 is 1.17 bits per heavy atom. The molecule has 1 aliphatic heterocycles. The number of imidazole rings is 1. The van der Waals surface area contributed by atoms with E-state index >= 15 is 0 Å². The van der Waals surface area contributed by atoms with E-state index in [1.807, 2.05) is 12.1 Å². The van der Waals surface area contributed by atoms with Crippen molar-refractivity contribution in [3.05, 3.63) is 60.4 Å². The smallest absolute Gasteiger partial charge is 0.125 e. The van der Waals surface area contributed by atoms with Gasteiger partial charge in [-0.15, -0.1) is 0 Å². The lowest BCUT2D eigenvalue weighted by molar-refractivity contribution is 0.490. The third-order valence-corrected chi connectivity index (χ3v) is 4.44. The normalized spacial score (nSPS) is 15.2. The molecule has 4 rings (SSSR count). The van der Waals surface area contributed by atoms with Crippen LogP contribution in [0, 0.1) is 0 Å². The van der Waals surface area contributed by atoms with Crippen molar-refractivity contribution in [1.82, 2.24) is 9.55 Å². The molecule has 0 saturated carbocycles. The molecule has 1 unspecified atom stereocenters. The molecular formula is C19H21N3O. The van der Waals surface area contributed by atoms with Crippen LogP contribution in [0.15, 0.2) is 53.3 Å². The van der Waals surface area contributed by atoms with Gasteiger partial charge in [0.15, 0.2) is 0 Å². The number of anilines is 1. The second-order valence-electron chi connectivity index (χ2n) is 6.15. The number of hydrogen-bond donors (Lipinski definition) is 1. The van der Waals surface area contributed by atoms with Crippen LogP contribution in [0.2, 0.25) is 0 Å². The van der Waals surface area contributed by atoms with Gasteiger partial charge in [0.2, 0.25) is 0 Å². The molecule has 4 nitrogen and oxygen atoms in total. The summed E-state index contributed by atoms with van der Waals surface area (Å²) in [4.78, 5) is 4.78. The van der Waals surface area contributed by atoms with Crippen LogP contribution in [0.25, 0.3) is 11.3 Å². The second kappa shape index (κ2) is 5.95. The van der Waals surface area contributed by atoms with Gasteiger partial charge >= 0.3 is 0 Å². The first-order valence-corrected chi connectivity index (χ1v) is 8.26. The topological polar surface area (TPSA) is 43.0 Å². The Balaban J connectivity index is 1.50. The fourth-order valence-electron chi connectivity index (χ4n) is 3.15. The number of nitrogens with zero attached hydrogens (tertiary/aromatic N) is 2. The SMILES string of the molecule is CC(Nc1ccc(-c2cn3c(n2)CCCC3)cc1)c1ccco1. The number of aromatic nitrogens is 2. The number of aryl methyl sites for hydroxylation is 2. The van der Waals surface area contributed by atoms with Crippen LogP contribution in [0.1, 0.15) is 37.4 Å². The van der Waals surface area contributed by atoms with E-state index in [2.05, 4.69) is 47.3 Å². The van der Waals surface area contributed by atoms with Crippen molar-refractivity contribution in [2.24, 2.45) is 0 Å². The highest BCUT2D eigenvalue weighted by Crippen LogP contribution is 2.25. The predicted octanol–water partition coefficient (Wildman–Crippen LogP) is 4.65. The number of fused-ring (bicyclic) bond motifs is 1. The molecule has 4 heteroatoms. The molecule has 23 heavy (non-hydrogen) atoms. The van der Waals surface area contributed by atoms with Gasteiger partial charge in [0.05, 0.1) is 18.0 Å². The van der Waals surface area contributed by atoms with Gasteiger partial charge in [-0.1, -0.05) is 12.1 Å². The summed E-state index contributed by atoms with van der Waals surface area (Å²) in [5.41, 5.74) is 3.33. The van der Waals surface area contributed by atoms with Crippen molar-refractivity contribution < 1.29 is 4.42 Å². The van der Waals surface area contributed by atoms with E-state index in [0.29, 0.717) is 0 Å². The number of benzene rings is 1. The minimum atomic E-state index is 0.149. The first-order valence-electron chi connectivity index (χ1n) is 8.26. The Labute approximate surface area is 136 Å². The number of rotatable bonds is 4. The van der Waals surface area contributed by atoms with Crippen molar-refractivity contribution in [2.75, 3.05) is 5.32 Å². The molecule has 0 fully saturated rings. The van der Waals surface area contributed by atoms with Gasteiger partial charge in [-0.25, -0.2) is 4.98 Å². The number of hydrogen-bond acceptors (Lipinski definition) is 3.